The number of hydrogen-bond donors (Lipinski definition) is 0. The Kier molecular flexibility index (Phi) is 4.36. The maximum atomic E-state index is 13.9. The molecule has 0 amide bonds. The van der Waals surface area contributed by atoms with Crippen LogP contribution in [-0.4, -0.2) is 15.0 Å². The molecule has 0 spiro atoms. The third kappa shape index (κ3) is 2.57. The fourth-order valence-corrected chi connectivity index (χ4v) is 2.68. The first-order valence-corrected chi connectivity index (χ1v) is 6.38. The lowest BCUT2D eigenvalue weighted by Gasteiger charge is -2.38. The summed E-state index contributed by atoms with van der Waals surface area (Å²) in [5.74, 6) is -1.08. The predicted molar refractivity (Wildman–Crippen MR) is 60.2 cm³/mol. The number of halogens is 7. The van der Waals surface area contributed by atoms with Crippen molar-refractivity contribution in [3.8, 4) is 0 Å². The SMILES string of the molecule is FC(F)(F)C(F)(I)C(F)(Cl)C1CCCCC1. The highest BCUT2D eigenvalue weighted by Crippen LogP contribution is 2.56. The topological polar surface area (TPSA) is 0 Å². The second-order valence-corrected chi connectivity index (χ2v) is 6.07. The Morgan fingerprint density at radius 2 is 1.38 bits per heavy atom. The summed E-state index contributed by atoms with van der Waals surface area (Å²) in [6, 6.07) is 0. The molecule has 0 aromatic carbocycles. The van der Waals surface area contributed by atoms with E-state index in [0.29, 0.717) is 35.4 Å². The first-order valence-electron chi connectivity index (χ1n) is 4.93. The van der Waals surface area contributed by atoms with E-state index in [1.54, 1.807) is 0 Å². The van der Waals surface area contributed by atoms with Gasteiger partial charge in [0.2, 0.25) is 5.13 Å². The van der Waals surface area contributed by atoms with Crippen LogP contribution in [0, 0.1) is 5.92 Å². The van der Waals surface area contributed by atoms with Gasteiger partial charge in [-0.15, -0.1) is 0 Å². The van der Waals surface area contributed by atoms with E-state index in [1.165, 1.54) is 0 Å². The van der Waals surface area contributed by atoms with Crippen LogP contribution >= 0.6 is 34.2 Å². The quantitative estimate of drug-likeness (QED) is 0.356. The molecule has 1 aliphatic rings. The van der Waals surface area contributed by atoms with Crippen LogP contribution in [0.15, 0.2) is 0 Å². The van der Waals surface area contributed by atoms with Crippen LogP contribution in [0.3, 0.4) is 0 Å². The van der Waals surface area contributed by atoms with E-state index < -0.39 is 20.9 Å². The van der Waals surface area contributed by atoms with E-state index in [1.807, 2.05) is 0 Å². The van der Waals surface area contributed by atoms with Crippen LogP contribution in [0.1, 0.15) is 32.1 Å². The maximum Gasteiger partial charge on any atom is 0.436 e. The molecule has 0 N–H and O–H groups in total. The Labute approximate surface area is 109 Å². The zero-order chi connectivity index (χ0) is 12.6. The van der Waals surface area contributed by atoms with Crippen molar-refractivity contribution in [3.05, 3.63) is 0 Å². The van der Waals surface area contributed by atoms with Crippen molar-refractivity contribution in [2.45, 2.75) is 47.1 Å². The lowest BCUT2D eigenvalue weighted by Crippen LogP contribution is -2.53. The lowest BCUT2D eigenvalue weighted by molar-refractivity contribution is -0.219. The third-order valence-corrected chi connectivity index (χ3v) is 5.18. The van der Waals surface area contributed by atoms with Gasteiger partial charge in [0.1, 0.15) is 0 Å². The van der Waals surface area contributed by atoms with E-state index in [0.717, 1.165) is 6.42 Å². The fourth-order valence-electron chi connectivity index (χ4n) is 1.91. The third-order valence-electron chi connectivity index (χ3n) is 2.89. The van der Waals surface area contributed by atoms with Crippen LogP contribution in [0.5, 0.6) is 0 Å². The average molecular weight is 377 g/mol. The summed E-state index contributed by atoms with van der Waals surface area (Å²) in [4.78, 5) is 0. The first kappa shape index (κ1) is 14.7. The van der Waals surface area contributed by atoms with E-state index >= 15 is 0 Å². The maximum absolute atomic E-state index is 13.9. The molecule has 2 unspecified atom stereocenters. The molecule has 7 heteroatoms. The molecule has 0 radical (unpaired) electrons. The molecule has 0 aromatic heterocycles. The van der Waals surface area contributed by atoms with Crippen molar-refractivity contribution in [1.29, 1.82) is 0 Å². The summed E-state index contributed by atoms with van der Waals surface area (Å²) in [6.07, 6.45) is -2.89. The highest BCUT2D eigenvalue weighted by atomic mass is 127. The largest absolute Gasteiger partial charge is 0.436 e. The van der Waals surface area contributed by atoms with Crippen molar-refractivity contribution >= 4 is 34.2 Å². The van der Waals surface area contributed by atoms with Gasteiger partial charge in [-0.2, -0.15) is 13.2 Å². The minimum atomic E-state index is -5.30. The summed E-state index contributed by atoms with van der Waals surface area (Å²) in [6.45, 7) is 0. The zero-order valence-electron chi connectivity index (χ0n) is 8.26. The van der Waals surface area contributed by atoms with E-state index in [4.69, 9.17) is 11.6 Å². The van der Waals surface area contributed by atoms with Crippen molar-refractivity contribution in [2.24, 2.45) is 5.92 Å². The number of rotatable bonds is 2. The number of hydrogen-bond acceptors (Lipinski definition) is 0. The molecule has 0 nitrogen and oxygen atoms in total. The van der Waals surface area contributed by atoms with Crippen molar-refractivity contribution in [1.82, 2.24) is 0 Å². The second-order valence-electron chi connectivity index (χ2n) is 4.03. The smallest absolute Gasteiger partial charge is 0.221 e. The Hall–Kier alpha value is 0.670. The molecule has 0 heterocycles. The van der Waals surface area contributed by atoms with Crippen molar-refractivity contribution in [2.75, 3.05) is 0 Å². The molecule has 1 rings (SSSR count). The van der Waals surface area contributed by atoms with Gasteiger partial charge in [0.05, 0.1) is 0 Å². The van der Waals surface area contributed by atoms with Gasteiger partial charge in [-0.3, -0.25) is 0 Å². The van der Waals surface area contributed by atoms with E-state index in [2.05, 4.69) is 0 Å². The highest BCUT2D eigenvalue weighted by molar-refractivity contribution is 14.1. The second kappa shape index (κ2) is 4.74. The van der Waals surface area contributed by atoms with Crippen molar-refractivity contribution in [3.63, 3.8) is 0 Å². The minimum absolute atomic E-state index is 0.199. The molecule has 1 fully saturated rings. The Bertz CT molecular complexity index is 245. The lowest BCUT2D eigenvalue weighted by atomic mass is 9.84. The molecule has 1 aliphatic carbocycles. The van der Waals surface area contributed by atoms with Gasteiger partial charge in [0.25, 0.3) is 0 Å². The average Bonchev–Trinajstić information content (AvgIpc) is 2.17. The molecule has 0 bridgehead atoms. The molecule has 2 atom stereocenters. The van der Waals surface area contributed by atoms with Gasteiger partial charge < -0.3 is 0 Å². The Morgan fingerprint density at radius 1 is 0.938 bits per heavy atom. The van der Waals surface area contributed by atoms with Crippen LogP contribution in [-0.2, 0) is 0 Å². The monoisotopic (exact) mass is 376 g/mol. The predicted octanol–water partition coefficient (Wildman–Crippen LogP) is 5.13. The van der Waals surface area contributed by atoms with E-state index in [9.17, 15) is 22.0 Å². The number of alkyl halides is 7. The van der Waals surface area contributed by atoms with Crippen LogP contribution in [0.2, 0.25) is 0 Å². The Morgan fingerprint density at radius 3 is 1.75 bits per heavy atom. The van der Waals surface area contributed by atoms with Crippen LogP contribution in [0.4, 0.5) is 22.0 Å². The highest BCUT2D eigenvalue weighted by Gasteiger charge is 2.70. The Balaban J connectivity index is 2.90. The normalized spacial score (nSPS) is 27.2. The van der Waals surface area contributed by atoms with Gasteiger partial charge in [-0.05, 0) is 35.4 Å². The summed E-state index contributed by atoms with van der Waals surface area (Å²) < 4.78 is 60.5. The fraction of sp³-hybridized carbons (Fsp3) is 1.00. The summed E-state index contributed by atoms with van der Waals surface area (Å²) in [5, 5.41) is -3.38. The first-order chi connectivity index (χ1) is 7.11. The summed E-state index contributed by atoms with van der Waals surface area (Å²) >= 11 is 5.65. The standard InChI is InChI=1S/C9H11ClF5I/c10-7(11,6-4-2-1-3-5-6)8(12,16)9(13,14)15/h6H,1-5H2. The van der Waals surface area contributed by atoms with Gasteiger partial charge >= 0.3 is 9.85 Å². The molecular weight excluding hydrogens is 365 g/mol. The molecule has 16 heavy (non-hydrogen) atoms. The van der Waals surface area contributed by atoms with Gasteiger partial charge in [0.15, 0.2) is 0 Å². The van der Waals surface area contributed by atoms with Crippen molar-refractivity contribution < 1.29 is 22.0 Å². The molecule has 96 valence electrons. The summed E-state index contributed by atoms with van der Waals surface area (Å²) in [7, 11) is 0. The molecular formula is C9H11ClF5I. The molecule has 0 aliphatic heterocycles. The van der Waals surface area contributed by atoms with Gasteiger partial charge in [-0.25, -0.2) is 8.78 Å². The van der Waals surface area contributed by atoms with Gasteiger partial charge in [-0.1, -0.05) is 30.9 Å². The zero-order valence-corrected chi connectivity index (χ0v) is 11.2. The molecule has 0 aromatic rings. The minimum Gasteiger partial charge on any atom is -0.221 e. The van der Waals surface area contributed by atoms with Gasteiger partial charge in [0, 0.05) is 5.92 Å². The van der Waals surface area contributed by atoms with Crippen LogP contribution < -0.4 is 0 Å². The van der Waals surface area contributed by atoms with E-state index in [-0.39, 0.29) is 12.8 Å². The summed E-state index contributed by atoms with van der Waals surface area (Å²) in [5.41, 5.74) is 0. The molecule has 1 saturated carbocycles. The van der Waals surface area contributed by atoms with Crippen LogP contribution in [0.25, 0.3) is 0 Å². The molecule has 0 saturated heterocycles.